The lowest BCUT2D eigenvalue weighted by Crippen LogP contribution is -2.31. The normalized spacial score (nSPS) is 11.1. The Bertz CT molecular complexity index is 1010. The van der Waals surface area contributed by atoms with Gasteiger partial charge < -0.3 is 9.64 Å². The van der Waals surface area contributed by atoms with Gasteiger partial charge in [-0.05, 0) is 49.7 Å². The lowest BCUT2D eigenvalue weighted by Gasteiger charge is -2.23. The van der Waals surface area contributed by atoms with E-state index in [2.05, 4.69) is 4.98 Å². The number of rotatable bonds is 10. The van der Waals surface area contributed by atoms with E-state index in [-0.39, 0.29) is 4.90 Å². The second-order valence-corrected chi connectivity index (χ2v) is 8.66. The molecule has 0 unspecified atom stereocenters. The van der Waals surface area contributed by atoms with Gasteiger partial charge in [0.25, 0.3) is 10.0 Å². The molecule has 158 valence electrons. The molecule has 0 amide bonds. The number of anilines is 2. The average Bonchev–Trinajstić information content (AvgIpc) is 2.78. The lowest BCUT2D eigenvalue weighted by molar-refractivity contribution is 0.312. The summed E-state index contributed by atoms with van der Waals surface area (Å²) in [6.07, 6.45) is 2.25. The second kappa shape index (κ2) is 10.1. The Balaban J connectivity index is 1.60. The number of aromatic nitrogens is 1. The first-order chi connectivity index (χ1) is 14.5. The highest BCUT2D eigenvalue weighted by atomic mass is 32.2. The van der Waals surface area contributed by atoms with Gasteiger partial charge in [-0.2, -0.15) is 0 Å². The number of para-hydroxylation sites is 2. The van der Waals surface area contributed by atoms with Crippen molar-refractivity contribution in [2.24, 2.45) is 0 Å². The fourth-order valence-electron chi connectivity index (χ4n) is 3.09. The number of hydrogen-bond donors (Lipinski definition) is 0. The summed E-state index contributed by atoms with van der Waals surface area (Å²) in [6.45, 7) is 3.51. The van der Waals surface area contributed by atoms with Crippen LogP contribution in [0.1, 0.15) is 13.3 Å². The van der Waals surface area contributed by atoms with Gasteiger partial charge in [0.15, 0.2) is 0 Å². The number of sulfonamides is 1. The molecule has 1 heterocycles. The van der Waals surface area contributed by atoms with Crippen LogP contribution in [0.2, 0.25) is 0 Å². The van der Waals surface area contributed by atoms with E-state index in [0.717, 1.165) is 24.5 Å². The molecule has 1 aromatic heterocycles. The minimum absolute atomic E-state index is 0.178. The third-order valence-corrected chi connectivity index (χ3v) is 6.57. The van der Waals surface area contributed by atoms with Gasteiger partial charge in [0.05, 0.1) is 12.3 Å². The molecule has 2 aromatic carbocycles. The van der Waals surface area contributed by atoms with Gasteiger partial charge in [0, 0.05) is 26.3 Å². The van der Waals surface area contributed by atoms with Crippen molar-refractivity contribution in [1.82, 2.24) is 4.98 Å². The van der Waals surface area contributed by atoms with Crippen LogP contribution < -0.4 is 13.9 Å². The largest absolute Gasteiger partial charge is 0.494 e. The monoisotopic (exact) mass is 425 g/mol. The first kappa shape index (κ1) is 21.6. The Morgan fingerprint density at radius 1 is 0.933 bits per heavy atom. The predicted octanol–water partition coefficient (Wildman–Crippen LogP) is 4.20. The zero-order valence-electron chi connectivity index (χ0n) is 17.3. The summed E-state index contributed by atoms with van der Waals surface area (Å²) in [5.74, 6) is 1.57. The van der Waals surface area contributed by atoms with Gasteiger partial charge in [0.1, 0.15) is 16.5 Å². The fourth-order valence-corrected chi connectivity index (χ4v) is 4.51. The van der Waals surface area contributed by atoms with Crippen molar-refractivity contribution in [3.05, 3.63) is 79.0 Å². The summed E-state index contributed by atoms with van der Waals surface area (Å²) < 4.78 is 33.2. The van der Waals surface area contributed by atoms with Crippen LogP contribution in [0.25, 0.3) is 0 Å². The standard InChI is InChI=1S/C23H27N3O3S/c1-3-26(20-11-6-4-7-12-20)30(27,28)22-15-16-23(24-19-22)25(2)17-10-18-29-21-13-8-5-9-14-21/h4-9,11-16,19H,3,10,17-18H2,1-2H3. The SMILES string of the molecule is CCN(c1ccccc1)S(=O)(=O)c1ccc(N(C)CCCOc2ccccc2)nc1. The number of hydrogen-bond acceptors (Lipinski definition) is 5. The van der Waals surface area contributed by atoms with Crippen LogP contribution in [0.15, 0.2) is 83.9 Å². The molecule has 0 N–H and O–H groups in total. The van der Waals surface area contributed by atoms with Crippen molar-refractivity contribution < 1.29 is 13.2 Å². The molecule has 3 aromatic rings. The van der Waals surface area contributed by atoms with E-state index in [1.54, 1.807) is 24.3 Å². The molecule has 7 heteroatoms. The van der Waals surface area contributed by atoms with Crippen molar-refractivity contribution in [2.75, 3.05) is 35.9 Å². The van der Waals surface area contributed by atoms with Crippen LogP contribution in [-0.4, -0.2) is 40.1 Å². The molecule has 6 nitrogen and oxygen atoms in total. The average molecular weight is 426 g/mol. The van der Waals surface area contributed by atoms with Gasteiger partial charge in [-0.25, -0.2) is 13.4 Å². The van der Waals surface area contributed by atoms with Crippen LogP contribution in [0, 0.1) is 0 Å². The second-order valence-electron chi connectivity index (χ2n) is 6.79. The Labute approximate surface area is 178 Å². The van der Waals surface area contributed by atoms with Gasteiger partial charge >= 0.3 is 0 Å². The number of pyridine rings is 1. The maximum absolute atomic E-state index is 13.0. The smallest absolute Gasteiger partial charge is 0.265 e. The molecule has 0 fully saturated rings. The van der Waals surface area contributed by atoms with Crippen LogP contribution in [0.3, 0.4) is 0 Å². The molecule has 0 radical (unpaired) electrons. The van der Waals surface area contributed by atoms with Gasteiger partial charge in [-0.15, -0.1) is 0 Å². The molecule has 0 aliphatic rings. The third kappa shape index (κ3) is 5.30. The van der Waals surface area contributed by atoms with Crippen molar-refractivity contribution in [1.29, 1.82) is 0 Å². The summed E-state index contributed by atoms with van der Waals surface area (Å²) in [7, 11) is -1.73. The molecule has 0 saturated heterocycles. The number of nitrogens with zero attached hydrogens (tertiary/aromatic N) is 3. The summed E-state index contributed by atoms with van der Waals surface area (Å²) in [6, 6.07) is 22.1. The number of ether oxygens (including phenoxy) is 1. The van der Waals surface area contributed by atoms with Gasteiger partial charge in [-0.3, -0.25) is 4.31 Å². The van der Waals surface area contributed by atoms with Gasteiger partial charge in [-0.1, -0.05) is 36.4 Å². The Kier molecular flexibility index (Phi) is 7.30. The van der Waals surface area contributed by atoms with Crippen LogP contribution in [-0.2, 0) is 10.0 Å². The minimum atomic E-state index is -3.67. The zero-order chi connectivity index (χ0) is 21.4. The third-order valence-electron chi connectivity index (χ3n) is 4.68. The van der Waals surface area contributed by atoms with Crippen LogP contribution in [0.4, 0.5) is 11.5 Å². The van der Waals surface area contributed by atoms with Crippen molar-refractivity contribution in [3.63, 3.8) is 0 Å². The summed E-state index contributed by atoms with van der Waals surface area (Å²) in [5, 5.41) is 0. The van der Waals surface area contributed by atoms with E-state index < -0.39 is 10.0 Å². The molecule has 30 heavy (non-hydrogen) atoms. The first-order valence-electron chi connectivity index (χ1n) is 9.95. The van der Waals surface area contributed by atoms with Crippen LogP contribution in [0.5, 0.6) is 5.75 Å². The van der Waals surface area contributed by atoms with Gasteiger partial charge in [0.2, 0.25) is 0 Å². The van der Waals surface area contributed by atoms with Crippen molar-refractivity contribution in [3.8, 4) is 5.75 Å². The highest BCUT2D eigenvalue weighted by Gasteiger charge is 2.24. The molecule has 0 saturated carbocycles. The molecule has 0 spiro atoms. The van der Waals surface area contributed by atoms with Crippen LogP contribution >= 0.6 is 0 Å². The maximum Gasteiger partial charge on any atom is 0.265 e. The Morgan fingerprint density at radius 3 is 2.20 bits per heavy atom. The first-order valence-corrected chi connectivity index (χ1v) is 11.4. The minimum Gasteiger partial charge on any atom is -0.494 e. The molecule has 0 aliphatic heterocycles. The predicted molar refractivity (Wildman–Crippen MR) is 121 cm³/mol. The molecule has 0 bridgehead atoms. The summed E-state index contributed by atoms with van der Waals surface area (Å²) in [5.41, 5.74) is 0.639. The number of benzene rings is 2. The molecular weight excluding hydrogens is 398 g/mol. The molecular formula is C23H27N3O3S. The Hall–Kier alpha value is -3.06. The highest BCUT2D eigenvalue weighted by molar-refractivity contribution is 7.92. The highest BCUT2D eigenvalue weighted by Crippen LogP contribution is 2.23. The molecule has 3 rings (SSSR count). The quantitative estimate of drug-likeness (QED) is 0.456. The van der Waals surface area contributed by atoms with E-state index in [9.17, 15) is 8.42 Å². The molecule has 0 aliphatic carbocycles. The topological polar surface area (TPSA) is 62.7 Å². The van der Waals surface area contributed by atoms with Crippen molar-refractivity contribution in [2.45, 2.75) is 18.2 Å². The van der Waals surface area contributed by atoms with E-state index in [1.165, 1.54) is 10.5 Å². The molecule has 0 atom stereocenters. The lowest BCUT2D eigenvalue weighted by atomic mass is 10.3. The maximum atomic E-state index is 13.0. The fraction of sp³-hybridized carbons (Fsp3) is 0.261. The van der Waals surface area contributed by atoms with Crippen molar-refractivity contribution >= 4 is 21.5 Å². The van der Waals surface area contributed by atoms with E-state index >= 15 is 0 Å². The van der Waals surface area contributed by atoms with E-state index in [4.69, 9.17) is 4.74 Å². The van der Waals surface area contributed by atoms with E-state index in [0.29, 0.717) is 18.8 Å². The summed E-state index contributed by atoms with van der Waals surface area (Å²) in [4.78, 5) is 6.54. The zero-order valence-corrected chi connectivity index (χ0v) is 18.1. The van der Waals surface area contributed by atoms with E-state index in [1.807, 2.05) is 67.4 Å². The Morgan fingerprint density at radius 2 is 1.60 bits per heavy atom. The summed E-state index contributed by atoms with van der Waals surface area (Å²) >= 11 is 0.